The minimum absolute atomic E-state index is 0.216. The average molecular weight is 377 g/mol. The summed E-state index contributed by atoms with van der Waals surface area (Å²) in [5, 5.41) is 13.5. The lowest BCUT2D eigenvalue weighted by Crippen LogP contribution is -2.12. The topological polar surface area (TPSA) is 43.1 Å². The van der Waals surface area contributed by atoms with Crippen LogP contribution in [0.15, 0.2) is 66.7 Å². The molecule has 0 fully saturated rings. The lowest BCUT2D eigenvalue weighted by Gasteiger charge is -2.29. The Morgan fingerprint density at radius 1 is 0.621 bits per heavy atom. The Labute approximate surface area is 168 Å². The third kappa shape index (κ3) is 2.31. The molecule has 4 aromatic rings. The molecule has 0 atom stereocenters. The largest absolute Gasteiger partial charge is 0.277 e. The molecule has 0 amide bonds. The van der Waals surface area contributed by atoms with E-state index in [1.807, 2.05) is 30.3 Å². The number of nitrogens with zero attached hydrogens (tertiary/aromatic N) is 1. The van der Waals surface area contributed by atoms with Crippen molar-refractivity contribution in [2.45, 2.75) is 25.7 Å². The van der Waals surface area contributed by atoms with E-state index in [1.165, 1.54) is 38.9 Å². The van der Waals surface area contributed by atoms with Crippen molar-refractivity contribution in [1.29, 1.82) is 0 Å². The Kier molecular flexibility index (Phi) is 3.42. The molecule has 0 heterocycles. The van der Waals surface area contributed by atoms with E-state index in [-0.39, 0.29) is 10.6 Å². The molecule has 2 aliphatic rings. The van der Waals surface area contributed by atoms with Crippen molar-refractivity contribution in [1.82, 2.24) is 0 Å². The Balaban J connectivity index is 1.77. The van der Waals surface area contributed by atoms with Gasteiger partial charge in [-0.15, -0.1) is 0 Å². The van der Waals surface area contributed by atoms with Gasteiger partial charge in [-0.05, 0) is 81.6 Å². The number of fused-ring (bicyclic) bond motifs is 9. The molecular formula is C26H19NO2. The molecule has 0 N–H and O–H groups in total. The second-order valence-electron chi connectivity index (χ2n) is 8.02. The van der Waals surface area contributed by atoms with E-state index in [1.54, 1.807) is 0 Å². The first-order chi connectivity index (χ1) is 14.2. The molecule has 0 saturated carbocycles. The summed E-state index contributed by atoms with van der Waals surface area (Å²) in [7, 11) is 0. The van der Waals surface area contributed by atoms with E-state index in [4.69, 9.17) is 0 Å². The highest BCUT2D eigenvalue weighted by molar-refractivity contribution is 6.07. The van der Waals surface area contributed by atoms with Gasteiger partial charge in [-0.3, -0.25) is 10.1 Å². The van der Waals surface area contributed by atoms with E-state index in [2.05, 4.69) is 36.4 Å². The summed E-state index contributed by atoms with van der Waals surface area (Å²) in [6, 6.07) is 22.9. The highest BCUT2D eigenvalue weighted by Gasteiger charge is 2.29. The van der Waals surface area contributed by atoms with Crippen LogP contribution in [0.4, 0.5) is 5.69 Å². The maximum atomic E-state index is 11.7. The van der Waals surface area contributed by atoms with Crippen molar-refractivity contribution >= 4 is 16.5 Å². The lowest BCUT2D eigenvalue weighted by molar-refractivity contribution is -0.383. The first-order valence-corrected chi connectivity index (χ1v) is 10.1. The van der Waals surface area contributed by atoms with Gasteiger partial charge in [0.05, 0.1) is 10.3 Å². The first kappa shape index (κ1) is 16.5. The van der Waals surface area contributed by atoms with Gasteiger partial charge in [-0.25, -0.2) is 0 Å². The highest BCUT2D eigenvalue weighted by Crippen LogP contribution is 2.49. The summed E-state index contributed by atoms with van der Waals surface area (Å²) in [6.45, 7) is 0. The van der Waals surface area contributed by atoms with Crippen LogP contribution in [-0.2, 0) is 25.7 Å². The smallest absolute Gasteiger partial charge is 0.258 e. The van der Waals surface area contributed by atoms with Crippen molar-refractivity contribution in [3.8, 4) is 22.3 Å². The monoisotopic (exact) mass is 377 g/mol. The van der Waals surface area contributed by atoms with Crippen molar-refractivity contribution in [2.24, 2.45) is 0 Å². The molecule has 3 heteroatoms. The summed E-state index contributed by atoms with van der Waals surface area (Å²) in [4.78, 5) is 11.5. The molecule has 0 spiro atoms. The van der Waals surface area contributed by atoms with Gasteiger partial charge >= 0.3 is 0 Å². The van der Waals surface area contributed by atoms with Gasteiger partial charge in [0.15, 0.2) is 0 Å². The fourth-order valence-electron chi connectivity index (χ4n) is 5.28. The maximum absolute atomic E-state index is 11.7. The maximum Gasteiger partial charge on any atom is 0.277 e. The van der Waals surface area contributed by atoms with Crippen LogP contribution in [0, 0.1) is 10.1 Å². The fourth-order valence-corrected chi connectivity index (χ4v) is 5.28. The predicted molar refractivity (Wildman–Crippen MR) is 116 cm³/mol. The van der Waals surface area contributed by atoms with Crippen LogP contribution in [0.2, 0.25) is 0 Å². The van der Waals surface area contributed by atoms with E-state index >= 15 is 0 Å². The Hall–Kier alpha value is -3.46. The van der Waals surface area contributed by atoms with E-state index in [0.717, 1.165) is 42.0 Å². The van der Waals surface area contributed by atoms with Gasteiger partial charge in [0, 0.05) is 6.07 Å². The second kappa shape index (κ2) is 6.02. The normalized spacial score (nSPS) is 13.9. The van der Waals surface area contributed by atoms with Gasteiger partial charge in [0.25, 0.3) is 5.69 Å². The number of nitro groups is 1. The number of aryl methyl sites for hydroxylation is 4. The molecule has 6 rings (SSSR count). The molecule has 0 unspecified atom stereocenters. The molecule has 29 heavy (non-hydrogen) atoms. The zero-order valence-electron chi connectivity index (χ0n) is 15.9. The SMILES string of the molecule is O=[N+]([O-])c1cc2c(c3ccccc13)-c1c(ccc3c1-c1ccccc1CC3)CC2. The van der Waals surface area contributed by atoms with Crippen molar-refractivity contribution < 1.29 is 4.92 Å². The molecule has 2 aliphatic carbocycles. The molecule has 4 aromatic carbocycles. The van der Waals surface area contributed by atoms with Crippen LogP contribution in [0.5, 0.6) is 0 Å². The average Bonchev–Trinajstić information content (AvgIpc) is 2.77. The summed E-state index contributed by atoms with van der Waals surface area (Å²) < 4.78 is 0. The van der Waals surface area contributed by atoms with Crippen LogP contribution >= 0.6 is 0 Å². The number of benzene rings is 4. The van der Waals surface area contributed by atoms with Crippen molar-refractivity contribution in [3.05, 3.63) is 99.1 Å². The fraction of sp³-hybridized carbons (Fsp3) is 0.154. The zero-order chi connectivity index (χ0) is 19.5. The quantitative estimate of drug-likeness (QED) is 0.289. The Morgan fingerprint density at radius 2 is 1.24 bits per heavy atom. The molecule has 0 aliphatic heterocycles. The van der Waals surface area contributed by atoms with E-state index < -0.39 is 0 Å². The minimum Gasteiger partial charge on any atom is -0.258 e. The number of hydrogen-bond acceptors (Lipinski definition) is 2. The molecule has 3 nitrogen and oxygen atoms in total. The summed E-state index contributed by atoms with van der Waals surface area (Å²) in [5.41, 5.74) is 10.6. The van der Waals surface area contributed by atoms with Gasteiger partial charge in [-0.1, -0.05) is 54.6 Å². The number of rotatable bonds is 1. The van der Waals surface area contributed by atoms with Gasteiger partial charge < -0.3 is 0 Å². The summed E-state index contributed by atoms with van der Waals surface area (Å²) in [6.07, 6.45) is 3.87. The number of hydrogen-bond donors (Lipinski definition) is 0. The first-order valence-electron chi connectivity index (χ1n) is 10.1. The van der Waals surface area contributed by atoms with Crippen LogP contribution in [-0.4, -0.2) is 4.92 Å². The zero-order valence-corrected chi connectivity index (χ0v) is 15.9. The molecular weight excluding hydrogens is 358 g/mol. The van der Waals surface area contributed by atoms with Gasteiger partial charge in [0.1, 0.15) is 0 Å². The van der Waals surface area contributed by atoms with E-state index in [9.17, 15) is 10.1 Å². The van der Waals surface area contributed by atoms with Crippen molar-refractivity contribution in [2.75, 3.05) is 0 Å². The Bertz CT molecular complexity index is 1340. The number of nitro benzene ring substituents is 1. The molecule has 140 valence electrons. The molecule has 0 bridgehead atoms. The van der Waals surface area contributed by atoms with Crippen LogP contribution in [0.1, 0.15) is 22.3 Å². The predicted octanol–water partition coefficient (Wildman–Crippen LogP) is 6.28. The standard InChI is InChI=1S/C26H19NO2/c28-27(29)23-15-19-14-13-18-12-11-17-10-9-16-5-1-2-6-20(16)24(17)26(18)25(19)22-8-4-3-7-21(22)23/h1-8,11-12,15H,9-10,13-14H2. The highest BCUT2D eigenvalue weighted by atomic mass is 16.6. The van der Waals surface area contributed by atoms with Crippen LogP contribution < -0.4 is 0 Å². The molecule has 0 aromatic heterocycles. The van der Waals surface area contributed by atoms with Crippen LogP contribution in [0.3, 0.4) is 0 Å². The third-order valence-corrected chi connectivity index (χ3v) is 6.54. The van der Waals surface area contributed by atoms with Crippen LogP contribution in [0.25, 0.3) is 33.0 Å². The number of non-ortho nitro benzene ring substituents is 1. The van der Waals surface area contributed by atoms with Gasteiger partial charge in [-0.2, -0.15) is 0 Å². The van der Waals surface area contributed by atoms with E-state index in [0.29, 0.717) is 0 Å². The molecule has 0 saturated heterocycles. The lowest BCUT2D eigenvalue weighted by atomic mass is 9.74. The molecule has 0 radical (unpaired) electrons. The van der Waals surface area contributed by atoms with Gasteiger partial charge in [0.2, 0.25) is 0 Å². The van der Waals surface area contributed by atoms with Crippen molar-refractivity contribution in [3.63, 3.8) is 0 Å². The third-order valence-electron chi connectivity index (χ3n) is 6.54. The summed E-state index contributed by atoms with van der Waals surface area (Å²) >= 11 is 0. The summed E-state index contributed by atoms with van der Waals surface area (Å²) in [5.74, 6) is 0. The Morgan fingerprint density at radius 3 is 2.03 bits per heavy atom. The second-order valence-corrected chi connectivity index (χ2v) is 8.02. The minimum atomic E-state index is -0.242.